The van der Waals surface area contributed by atoms with E-state index in [-0.39, 0.29) is 0 Å². The van der Waals surface area contributed by atoms with Gasteiger partial charge >= 0.3 is 6.03 Å². The highest BCUT2D eigenvalue weighted by molar-refractivity contribution is 6.30. The van der Waals surface area contributed by atoms with Crippen molar-refractivity contribution in [1.82, 2.24) is 5.43 Å². The van der Waals surface area contributed by atoms with Crippen LogP contribution in [-0.2, 0) is 6.42 Å². The molecule has 2 N–H and O–H groups in total. The fourth-order valence-electron chi connectivity index (χ4n) is 1.73. The number of carbonyl (C=O) groups excluding carboxylic acids is 1. The molecule has 0 unspecified atom stereocenters. The Bertz CT molecular complexity index is 638. The number of nitrogens with one attached hydrogen (secondary N) is 2. The fraction of sp³-hybridized carbons (Fsp3) is 0.125. The zero-order chi connectivity index (χ0) is 15.1. The summed E-state index contributed by atoms with van der Waals surface area (Å²) >= 11 is 5.84. The summed E-state index contributed by atoms with van der Waals surface area (Å²) in [4.78, 5) is 11.6. The van der Waals surface area contributed by atoms with Gasteiger partial charge in [0.15, 0.2) is 0 Å². The molecule has 2 amide bonds. The van der Waals surface area contributed by atoms with Crippen LogP contribution in [0, 0.1) is 0 Å². The zero-order valence-electron chi connectivity index (χ0n) is 11.6. The Balaban J connectivity index is 1.86. The summed E-state index contributed by atoms with van der Waals surface area (Å²) in [6.45, 7) is 2.10. The number of aryl methyl sites for hydroxylation is 1. The summed E-state index contributed by atoms with van der Waals surface area (Å²) in [5.41, 5.74) is 5.21. The molecule has 0 radical (unpaired) electrons. The molecule has 2 aromatic carbocycles. The Morgan fingerprint density at radius 3 is 2.67 bits per heavy atom. The molecule has 0 saturated carbocycles. The lowest BCUT2D eigenvalue weighted by Gasteiger charge is -2.04. The second-order valence-corrected chi connectivity index (χ2v) is 4.87. The summed E-state index contributed by atoms with van der Waals surface area (Å²) < 4.78 is 0. The molecule has 4 nitrogen and oxygen atoms in total. The third-order valence-electron chi connectivity index (χ3n) is 2.85. The van der Waals surface area contributed by atoms with Crippen molar-refractivity contribution in [2.75, 3.05) is 5.32 Å². The van der Waals surface area contributed by atoms with E-state index in [1.807, 2.05) is 24.3 Å². The van der Waals surface area contributed by atoms with Crippen molar-refractivity contribution >= 4 is 29.5 Å². The lowest BCUT2D eigenvalue weighted by molar-refractivity contribution is 0.252. The first-order valence-corrected chi connectivity index (χ1v) is 6.99. The lowest BCUT2D eigenvalue weighted by Crippen LogP contribution is -2.24. The second-order valence-electron chi connectivity index (χ2n) is 4.43. The lowest BCUT2D eigenvalue weighted by atomic mass is 10.1. The number of rotatable bonds is 4. The Kier molecular flexibility index (Phi) is 5.35. The molecule has 0 aromatic heterocycles. The summed E-state index contributed by atoms with van der Waals surface area (Å²) in [6, 6.07) is 14.5. The first-order valence-electron chi connectivity index (χ1n) is 6.62. The first-order chi connectivity index (χ1) is 10.2. The van der Waals surface area contributed by atoms with Gasteiger partial charge < -0.3 is 5.32 Å². The maximum absolute atomic E-state index is 11.6. The Morgan fingerprint density at radius 2 is 2.00 bits per heavy atom. The van der Waals surface area contributed by atoms with E-state index in [0.717, 1.165) is 12.0 Å². The van der Waals surface area contributed by atoms with Crippen molar-refractivity contribution in [3.05, 3.63) is 64.7 Å². The van der Waals surface area contributed by atoms with E-state index in [1.165, 1.54) is 5.56 Å². The number of nitrogens with zero attached hydrogens (tertiary/aromatic N) is 1. The average molecular weight is 302 g/mol. The van der Waals surface area contributed by atoms with E-state index in [4.69, 9.17) is 11.6 Å². The molecule has 0 spiro atoms. The van der Waals surface area contributed by atoms with Crippen LogP contribution in [0.3, 0.4) is 0 Å². The normalized spacial score (nSPS) is 10.6. The smallest absolute Gasteiger partial charge is 0.306 e. The molecule has 0 fully saturated rings. The number of benzene rings is 2. The molecule has 0 heterocycles. The molecule has 0 aliphatic rings. The van der Waals surface area contributed by atoms with Crippen LogP contribution in [0.15, 0.2) is 53.6 Å². The van der Waals surface area contributed by atoms with E-state index in [2.05, 4.69) is 22.8 Å². The molecular formula is C16H16ClN3O. The summed E-state index contributed by atoms with van der Waals surface area (Å²) in [6.07, 6.45) is 2.59. The summed E-state index contributed by atoms with van der Waals surface area (Å²) in [5.74, 6) is 0. The topological polar surface area (TPSA) is 53.5 Å². The Morgan fingerprint density at radius 1 is 1.24 bits per heavy atom. The van der Waals surface area contributed by atoms with E-state index in [1.54, 1.807) is 30.5 Å². The van der Waals surface area contributed by atoms with Crippen molar-refractivity contribution < 1.29 is 4.79 Å². The predicted octanol–water partition coefficient (Wildman–Crippen LogP) is 4.06. The van der Waals surface area contributed by atoms with Gasteiger partial charge in [-0.2, -0.15) is 5.10 Å². The molecular weight excluding hydrogens is 286 g/mol. The molecule has 0 aliphatic carbocycles. The minimum absolute atomic E-state index is 0.418. The van der Waals surface area contributed by atoms with Gasteiger partial charge in [-0.25, -0.2) is 10.2 Å². The molecule has 0 atom stereocenters. The van der Waals surface area contributed by atoms with Crippen molar-refractivity contribution in [2.24, 2.45) is 5.10 Å². The molecule has 2 rings (SSSR count). The van der Waals surface area contributed by atoms with E-state index in [9.17, 15) is 4.79 Å². The van der Waals surface area contributed by atoms with E-state index >= 15 is 0 Å². The van der Waals surface area contributed by atoms with Crippen molar-refractivity contribution in [3.8, 4) is 0 Å². The van der Waals surface area contributed by atoms with Crippen molar-refractivity contribution in [1.29, 1.82) is 0 Å². The molecule has 0 saturated heterocycles. The van der Waals surface area contributed by atoms with Gasteiger partial charge in [0.25, 0.3) is 0 Å². The van der Waals surface area contributed by atoms with Crippen LogP contribution < -0.4 is 10.7 Å². The summed E-state index contributed by atoms with van der Waals surface area (Å²) in [7, 11) is 0. The molecule has 2 aromatic rings. The van der Waals surface area contributed by atoms with Crippen LogP contribution in [0.2, 0.25) is 5.02 Å². The van der Waals surface area contributed by atoms with E-state index in [0.29, 0.717) is 10.7 Å². The SMILES string of the molecule is CCc1ccc(C=NNC(=O)Nc2cccc(Cl)c2)cc1. The predicted molar refractivity (Wildman–Crippen MR) is 87.0 cm³/mol. The number of carbonyl (C=O) groups is 1. The Labute approximate surface area is 128 Å². The number of hydrazone groups is 1. The standard InChI is InChI=1S/C16H16ClN3O/c1-2-12-6-8-13(9-7-12)11-18-20-16(21)19-15-5-3-4-14(17)10-15/h3-11H,2H2,1H3,(H2,19,20,21). The zero-order valence-corrected chi connectivity index (χ0v) is 12.4. The monoisotopic (exact) mass is 301 g/mol. The quantitative estimate of drug-likeness (QED) is 0.649. The second kappa shape index (κ2) is 7.45. The third-order valence-corrected chi connectivity index (χ3v) is 3.09. The molecule has 108 valence electrons. The number of urea groups is 1. The van der Waals surface area contributed by atoms with Crippen LogP contribution in [-0.4, -0.2) is 12.2 Å². The maximum Gasteiger partial charge on any atom is 0.339 e. The average Bonchev–Trinajstić information content (AvgIpc) is 2.48. The number of hydrogen-bond donors (Lipinski definition) is 2. The minimum Gasteiger partial charge on any atom is -0.306 e. The van der Waals surface area contributed by atoms with E-state index < -0.39 is 6.03 Å². The molecule has 0 bridgehead atoms. The van der Waals surface area contributed by atoms with Gasteiger partial charge in [0.05, 0.1) is 6.21 Å². The van der Waals surface area contributed by atoms with Gasteiger partial charge in [0, 0.05) is 10.7 Å². The number of halogens is 1. The highest BCUT2D eigenvalue weighted by Gasteiger charge is 2.00. The fourth-order valence-corrected chi connectivity index (χ4v) is 1.92. The van der Waals surface area contributed by atoms with Crippen molar-refractivity contribution in [3.63, 3.8) is 0 Å². The van der Waals surface area contributed by atoms with Crippen LogP contribution in [0.5, 0.6) is 0 Å². The van der Waals surface area contributed by atoms with Crippen LogP contribution in [0.4, 0.5) is 10.5 Å². The minimum atomic E-state index is -0.418. The van der Waals surface area contributed by atoms with Crippen LogP contribution in [0.25, 0.3) is 0 Å². The van der Waals surface area contributed by atoms with Gasteiger partial charge in [0.2, 0.25) is 0 Å². The first kappa shape index (κ1) is 15.1. The maximum atomic E-state index is 11.6. The molecule has 5 heteroatoms. The summed E-state index contributed by atoms with van der Waals surface area (Å²) in [5, 5.41) is 7.10. The number of amides is 2. The number of anilines is 1. The highest BCUT2D eigenvalue weighted by atomic mass is 35.5. The highest BCUT2D eigenvalue weighted by Crippen LogP contribution is 2.14. The van der Waals surface area contributed by atoms with Crippen molar-refractivity contribution in [2.45, 2.75) is 13.3 Å². The van der Waals surface area contributed by atoms with Gasteiger partial charge in [-0.3, -0.25) is 0 Å². The third kappa shape index (κ3) is 4.93. The largest absolute Gasteiger partial charge is 0.339 e. The van der Waals surface area contributed by atoms with Gasteiger partial charge in [-0.05, 0) is 35.7 Å². The van der Waals surface area contributed by atoms with Crippen LogP contribution >= 0.6 is 11.6 Å². The molecule has 0 aliphatic heterocycles. The van der Waals surface area contributed by atoms with Gasteiger partial charge in [0.1, 0.15) is 0 Å². The van der Waals surface area contributed by atoms with Crippen LogP contribution in [0.1, 0.15) is 18.1 Å². The van der Waals surface area contributed by atoms with Gasteiger partial charge in [-0.15, -0.1) is 0 Å². The number of hydrogen-bond acceptors (Lipinski definition) is 2. The molecule has 21 heavy (non-hydrogen) atoms. The van der Waals surface area contributed by atoms with Gasteiger partial charge in [-0.1, -0.05) is 48.9 Å². The Hall–Kier alpha value is -2.33.